The molecule has 3 saturated carbocycles. The van der Waals surface area contributed by atoms with Gasteiger partial charge in [0.05, 0.1) is 0 Å². The third-order valence-corrected chi connectivity index (χ3v) is 4.84. The smallest absolute Gasteiger partial charge is 0.00638 e. The Balaban J connectivity index is 2.10. The normalized spacial score (nSPS) is 46.5. The molecule has 0 aromatic carbocycles. The maximum Gasteiger partial charge on any atom is -0.00638 e. The second-order valence-corrected chi connectivity index (χ2v) is 5.10. The summed E-state index contributed by atoms with van der Waals surface area (Å²) in [6.45, 7) is 0. The molecule has 3 rings (SSSR count). The fourth-order valence-electron chi connectivity index (χ4n) is 3.27. The topological polar surface area (TPSA) is 0 Å². The fourth-order valence-corrected chi connectivity index (χ4v) is 4.41. The van der Waals surface area contributed by atoms with Crippen LogP contribution in [0.5, 0.6) is 0 Å². The van der Waals surface area contributed by atoms with Crippen LogP contribution in [0.4, 0.5) is 0 Å². The monoisotopic (exact) mass is 202 g/mol. The van der Waals surface area contributed by atoms with Crippen LogP contribution in [0.25, 0.3) is 0 Å². The Morgan fingerprint density at radius 3 is 1.33 bits per heavy atom. The molecule has 0 nitrogen and oxygen atoms in total. The third kappa shape index (κ3) is 1.41. The Morgan fingerprint density at radius 1 is 0.750 bits per heavy atom. The molecule has 3 fully saturated rings. The van der Waals surface area contributed by atoms with E-state index in [0.717, 1.165) is 35.2 Å². The maximum absolute atomic E-state index is 4.48. The Kier molecular flexibility index (Phi) is 2.96. The second-order valence-electron chi connectivity index (χ2n) is 4.37. The van der Waals surface area contributed by atoms with Crippen LogP contribution in [-0.4, -0.2) is 11.5 Å². The van der Waals surface area contributed by atoms with Gasteiger partial charge in [0.2, 0.25) is 0 Å². The van der Waals surface area contributed by atoms with Gasteiger partial charge >= 0.3 is 0 Å². The molecule has 70 valence electrons. The SMILES string of the molecule is SC[C@@H]1C2CCC(CC2)[C@H]1CS. The van der Waals surface area contributed by atoms with Crippen LogP contribution in [-0.2, 0) is 0 Å². The molecule has 0 amide bonds. The molecular weight excluding hydrogens is 184 g/mol. The van der Waals surface area contributed by atoms with Crippen molar-refractivity contribution >= 4 is 25.3 Å². The van der Waals surface area contributed by atoms with Crippen molar-refractivity contribution in [2.45, 2.75) is 25.7 Å². The lowest BCUT2D eigenvalue weighted by molar-refractivity contribution is 0.0516. The van der Waals surface area contributed by atoms with Crippen molar-refractivity contribution in [3.05, 3.63) is 0 Å². The highest BCUT2D eigenvalue weighted by molar-refractivity contribution is 7.80. The molecule has 3 aliphatic rings. The lowest BCUT2D eigenvalue weighted by Crippen LogP contribution is -2.41. The van der Waals surface area contributed by atoms with E-state index in [1.165, 1.54) is 25.7 Å². The molecular formula is C10H18S2. The molecule has 12 heavy (non-hydrogen) atoms. The van der Waals surface area contributed by atoms with Gasteiger partial charge in [-0.3, -0.25) is 0 Å². The summed E-state index contributed by atoms with van der Waals surface area (Å²) >= 11 is 8.95. The highest BCUT2D eigenvalue weighted by Crippen LogP contribution is 2.49. The van der Waals surface area contributed by atoms with E-state index in [0.29, 0.717) is 0 Å². The zero-order valence-corrected chi connectivity index (χ0v) is 9.24. The zero-order chi connectivity index (χ0) is 8.55. The fraction of sp³-hybridized carbons (Fsp3) is 1.00. The lowest BCUT2D eigenvalue weighted by atomic mass is 9.60. The average molecular weight is 202 g/mol. The summed E-state index contributed by atoms with van der Waals surface area (Å²) in [6, 6.07) is 0. The van der Waals surface area contributed by atoms with Crippen molar-refractivity contribution in [2.24, 2.45) is 23.7 Å². The highest BCUT2D eigenvalue weighted by atomic mass is 32.1. The minimum Gasteiger partial charge on any atom is -0.179 e. The first-order chi connectivity index (χ1) is 5.86. The van der Waals surface area contributed by atoms with Gasteiger partial charge in [0.1, 0.15) is 0 Å². The lowest BCUT2D eigenvalue weighted by Gasteiger charge is -2.48. The summed E-state index contributed by atoms with van der Waals surface area (Å²) in [5.74, 6) is 5.93. The first kappa shape index (κ1) is 9.26. The molecule has 0 heterocycles. The van der Waals surface area contributed by atoms with Crippen LogP contribution in [0.2, 0.25) is 0 Å². The van der Waals surface area contributed by atoms with Crippen LogP contribution < -0.4 is 0 Å². The molecule has 0 aliphatic heterocycles. The van der Waals surface area contributed by atoms with E-state index in [9.17, 15) is 0 Å². The van der Waals surface area contributed by atoms with E-state index in [2.05, 4.69) is 25.3 Å². The van der Waals surface area contributed by atoms with E-state index in [-0.39, 0.29) is 0 Å². The van der Waals surface area contributed by atoms with E-state index in [4.69, 9.17) is 0 Å². The number of thiol groups is 2. The van der Waals surface area contributed by atoms with Crippen LogP contribution in [0.3, 0.4) is 0 Å². The molecule has 0 unspecified atom stereocenters. The summed E-state index contributed by atoms with van der Waals surface area (Å²) in [4.78, 5) is 0. The first-order valence-electron chi connectivity index (χ1n) is 5.08. The van der Waals surface area contributed by atoms with Gasteiger partial charge in [0, 0.05) is 0 Å². The van der Waals surface area contributed by atoms with Crippen molar-refractivity contribution in [3.63, 3.8) is 0 Å². The summed E-state index contributed by atoms with van der Waals surface area (Å²) < 4.78 is 0. The molecule has 0 radical (unpaired) electrons. The summed E-state index contributed by atoms with van der Waals surface area (Å²) in [5.41, 5.74) is 0. The Bertz CT molecular complexity index is 132. The van der Waals surface area contributed by atoms with Crippen LogP contribution in [0.15, 0.2) is 0 Å². The van der Waals surface area contributed by atoms with E-state index in [1.54, 1.807) is 0 Å². The van der Waals surface area contributed by atoms with Gasteiger partial charge in [0.15, 0.2) is 0 Å². The van der Waals surface area contributed by atoms with Gasteiger partial charge in [-0.25, -0.2) is 0 Å². The maximum atomic E-state index is 4.48. The van der Waals surface area contributed by atoms with Crippen molar-refractivity contribution in [3.8, 4) is 0 Å². The molecule has 2 bridgehead atoms. The van der Waals surface area contributed by atoms with Gasteiger partial charge in [-0.1, -0.05) is 0 Å². The van der Waals surface area contributed by atoms with Crippen LogP contribution >= 0.6 is 25.3 Å². The van der Waals surface area contributed by atoms with Crippen molar-refractivity contribution in [1.82, 2.24) is 0 Å². The zero-order valence-electron chi connectivity index (χ0n) is 7.45. The molecule has 0 aromatic rings. The van der Waals surface area contributed by atoms with Gasteiger partial charge < -0.3 is 0 Å². The Hall–Kier alpha value is 0.700. The van der Waals surface area contributed by atoms with Crippen molar-refractivity contribution in [1.29, 1.82) is 0 Å². The number of hydrogen-bond donors (Lipinski definition) is 2. The molecule has 0 spiro atoms. The quantitative estimate of drug-likeness (QED) is 0.632. The van der Waals surface area contributed by atoms with Gasteiger partial charge in [-0.05, 0) is 60.9 Å². The standard InChI is InChI=1S/C10H18S2/c11-5-9-7-1-2-8(4-3-7)10(9)6-12/h7-12H,1-6H2/t7?,8?,9-,10-/m1/s1. The number of hydrogen-bond acceptors (Lipinski definition) is 2. The average Bonchev–Trinajstić information content (AvgIpc) is 2.18. The minimum absolute atomic E-state index is 0.887. The van der Waals surface area contributed by atoms with Crippen LogP contribution in [0, 0.1) is 23.7 Å². The van der Waals surface area contributed by atoms with Crippen molar-refractivity contribution < 1.29 is 0 Å². The van der Waals surface area contributed by atoms with Crippen molar-refractivity contribution in [2.75, 3.05) is 11.5 Å². The molecule has 0 saturated heterocycles. The minimum atomic E-state index is 0.887. The van der Waals surface area contributed by atoms with E-state index >= 15 is 0 Å². The summed E-state index contributed by atoms with van der Waals surface area (Å²) in [7, 11) is 0. The molecule has 2 heteroatoms. The molecule has 0 aromatic heterocycles. The second kappa shape index (κ2) is 3.83. The van der Waals surface area contributed by atoms with E-state index in [1.807, 2.05) is 0 Å². The number of fused-ring (bicyclic) bond motifs is 3. The first-order valence-corrected chi connectivity index (χ1v) is 6.35. The van der Waals surface area contributed by atoms with Gasteiger partial charge in [-0.15, -0.1) is 0 Å². The van der Waals surface area contributed by atoms with E-state index < -0.39 is 0 Å². The largest absolute Gasteiger partial charge is 0.179 e. The van der Waals surface area contributed by atoms with Gasteiger partial charge in [-0.2, -0.15) is 25.3 Å². The van der Waals surface area contributed by atoms with Crippen LogP contribution in [0.1, 0.15) is 25.7 Å². The Labute approximate surface area is 86.3 Å². The van der Waals surface area contributed by atoms with Gasteiger partial charge in [0.25, 0.3) is 0 Å². The molecule has 0 N–H and O–H groups in total. The highest BCUT2D eigenvalue weighted by Gasteiger charge is 2.41. The predicted molar refractivity (Wildman–Crippen MR) is 60.1 cm³/mol. The molecule has 2 atom stereocenters. The predicted octanol–water partition coefficient (Wildman–Crippen LogP) is 2.90. The number of rotatable bonds is 2. The Morgan fingerprint density at radius 2 is 1.08 bits per heavy atom. The summed E-state index contributed by atoms with van der Waals surface area (Å²) in [6.07, 6.45) is 5.89. The summed E-state index contributed by atoms with van der Waals surface area (Å²) in [5, 5.41) is 0. The molecule has 3 aliphatic carbocycles. The third-order valence-electron chi connectivity index (χ3n) is 4.00.